The molecule has 0 aliphatic rings. The lowest BCUT2D eigenvalue weighted by atomic mass is 10.0. The Labute approximate surface area is 140 Å². The topological polar surface area (TPSA) is 113 Å². The molecule has 0 aliphatic heterocycles. The third-order valence-electron chi connectivity index (χ3n) is 3.48. The summed E-state index contributed by atoms with van der Waals surface area (Å²) in [5, 5.41) is 11.8. The van der Waals surface area contributed by atoms with Crippen molar-refractivity contribution in [1.82, 2.24) is 10.2 Å². The molecule has 7 nitrogen and oxygen atoms in total. The van der Waals surface area contributed by atoms with Gasteiger partial charge in [-0.1, -0.05) is 12.1 Å². The van der Waals surface area contributed by atoms with Crippen molar-refractivity contribution in [1.29, 1.82) is 0 Å². The second kappa shape index (κ2) is 8.42. The maximum absolute atomic E-state index is 12.3. The zero-order valence-electron chi connectivity index (χ0n) is 13.0. The minimum atomic E-state index is -0.921. The van der Waals surface area contributed by atoms with E-state index in [-0.39, 0.29) is 23.8 Å². The number of nitrogens with zero attached hydrogens (tertiary/aromatic N) is 1. The van der Waals surface area contributed by atoms with Crippen molar-refractivity contribution in [3.05, 3.63) is 29.8 Å². The predicted octanol–water partition coefficient (Wildman–Crippen LogP) is -0.319. The number of aromatic hydroxyl groups is 1. The third kappa shape index (κ3) is 5.48. The molecule has 1 rings (SSSR count). The largest absolute Gasteiger partial charge is 0.508 e. The molecule has 0 radical (unpaired) electrons. The molecule has 0 bridgehead atoms. The summed E-state index contributed by atoms with van der Waals surface area (Å²) >= 11 is 4.07. The van der Waals surface area contributed by atoms with Crippen LogP contribution >= 0.6 is 12.6 Å². The van der Waals surface area contributed by atoms with Crippen LogP contribution < -0.4 is 11.1 Å². The Kier molecular flexibility index (Phi) is 6.89. The number of likely N-dealkylation sites (N-methyl/N-ethyl adjacent to an activating group) is 1. The van der Waals surface area contributed by atoms with E-state index < -0.39 is 23.9 Å². The molecule has 0 heterocycles. The van der Waals surface area contributed by atoms with Gasteiger partial charge in [-0.25, -0.2) is 0 Å². The molecule has 126 valence electrons. The molecule has 23 heavy (non-hydrogen) atoms. The zero-order valence-corrected chi connectivity index (χ0v) is 13.9. The van der Waals surface area contributed by atoms with Crippen LogP contribution in [0, 0.1) is 0 Å². The monoisotopic (exact) mass is 339 g/mol. The summed E-state index contributed by atoms with van der Waals surface area (Å²) in [6.07, 6.45) is 0.185. The van der Waals surface area contributed by atoms with Gasteiger partial charge in [0.15, 0.2) is 0 Å². The lowest BCUT2D eigenvalue weighted by molar-refractivity contribution is -0.137. The predicted molar refractivity (Wildman–Crippen MR) is 89.0 cm³/mol. The standard InChI is InChI=1S/C15H21N3O4S/c1-9(19)18(2)13(8-23)15(22)17-12(14(16)21)7-10-3-5-11(20)6-4-10/h3-6,12-13,20,23H,7-8H2,1-2H3,(H2,16,21)(H,17,22). The smallest absolute Gasteiger partial charge is 0.244 e. The number of amides is 3. The van der Waals surface area contributed by atoms with E-state index >= 15 is 0 Å². The fourth-order valence-electron chi connectivity index (χ4n) is 1.96. The van der Waals surface area contributed by atoms with Gasteiger partial charge in [-0.05, 0) is 17.7 Å². The molecule has 1 aromatic carbocycles. The van der Waals surface area contributed by atoms with E-state index in [0.717, 1.165) is 5.56 Å². The Balaban J connectivity index is 2.82. The summed E-state index contributed by atoms with van der Waals surface area (Å²) < 4.78 is 0. The van der Waals surface area contributed by atoms with E-state index in [1.165, 1.54) is 31.0 Å². The van der Waals surface area contributed by atoms with E-state index in [9.17, 15) is 19.5 Å². The van der Waals surface area contributed by atoms with Crippen LogP contribution in [0.4, 0.5) is 0 Å². The van der Waals surface area contributed by atoms with Crippen molar-refractivity contribution in [2.75, 3.05) is 12.8 Å². The van der Waals surface area contributed by atoms with Crippen LogP contribution in [0.25, 0.3) is 0 Å². The second-order valence-electron chi connectivity index (χ2n) is 5.16. The van der Waals surface area contributed by atoms with E-state index in [1.807, 2.05) is 0 Å². The molecular weight excluding hydrogens is 318 g/mol. The third-order valence-corrected chi connectivity index (χ3v) is 3.82. The van der Waals surface area contributed by atoms with Gasteiger partial charge in [0, 0.05) is 26.1 Å². The average Bonchev–Trinajstić information content (AvgIpc) is 2.49. The summed E-state index contributed by atoms with van der Waals surface area (Å²) in [7, 11) is 1.49. The molecule has 0 aliphatic carbocycles. The first-order valence-electron chi connectivity index (χ1n) is 6.98. The Morgan fingerprint density at radius 1 is 1.30 bits per heavy atom. The molecular formula is C15H21N3O4S. The number of rotatable bonds is 7. The number of carbonyl (C=O) groups excluding carboxylic acids is 3. The minimum Gasteiger partial charge on any atom is -0.508 e. The van der Waals surface area contributed by atoms with E-state index in [2.05, 4.69) is 17.9 Å². The van der Waals surface area contributed by atoms with Gasteiger partial charge in [0.05, 0.1) is 0 Å². The Morgan fingerprint density at radius 2 is 1.87 bits per heavy atom. The number of carbonyl (C=O) groups is 3. The Bertz CT molecular complexity index is 577. The number of phenols is 1. The highest BCUT2D eigenvalue weighted by Gasteiger charge is 2.27. The zero-order chi connectivity index (χ0) is 17.6. The first-order chi connectivity index (χ1) is 10.8. The van der Waals surface area contributed by atoms with Gasteiger partial charge in [0.1, 0.15) is 17.8 Å². The number of primary amides is 1. The number of nitrogens with one attached hydrogen (secondary N) is 1. The minimum absolute atomic E-state index is 0.103. The Morgan fingerprint density at radius 3 is 2.30 bits per heavy atom. The van der Waals surface area contributed by atoms with Crippen LogP contribution in [-0.4, -0.2) is 52.6 Å². The first-order valence-corrected chi connectivity index (χ1v) is 7.61. The van der Waals surface area contributed by atoms with Crippen LogP contribution in [0.3, 0.4) is 0 Å². The van der Waals surface area contributed by atoms with E-state index in [0.29, 0.717) is 0 Å². The van der Waals surface area contributed by atoms with E-state index in [1.54, 1.807) is 12.1 Å². The van der Waals surface area contributed by atoms with Crippen molar-refractivity contribution < 1.29 is 19.5 Å². The summed E-state index contributed by atoms with van der Waals surface area (Å²) in [6, 6.07) is 4.52. The second-order valence-corrected chi connectivity index (χ2v) is 5.53. The van der Waals surface area contributed by atoms with E-state index in [4.69, 9.17) is 5.73 Å². The average molecular weight is 339 g/mol. The first kappa shape index (κ1) is 18.8. The molecule has 1 aromatic rings. The molecule has 0 fully saturated rings. The quantitative estimate of drug-likeness (QED) is 0.510. The van der Waals surface area contributed by atoms with Crippen LogP contribution in [0.5, 0.6) is 5.75 Å². The molecule has 2 atom stereocenters. The fourth-order valence-corrected chi connectivity index (χ4v) is 2.37. The molecule has 4 N–H and O–H groups in total. The van der Waals surface area contributed by atoms with Gasteiger partial charge >= 0.3 is 0 Å². The lowest BCUT2D eigenvalue weighted by Crippen LogP contribution is -2.54. The summed E-state index contributed by atoms with van der Waals surface area (Å²) in [5.74, 6) is -1.25. The maximum Gasteiger partial charge on any atom is 0.244 e. The molecule has 2 unspecified atom stereocenters. The molecule has 3 amide bonds. The normalized spacial score (nSPS) is 13.0. The molecule has 8 heteroatoms. The molecule has 0 aromatic heterocycles. The maximum atomic E-state index is 12.3. The van der Waals surface area contributed by atoms with Gasteiger partial charge < -0.3 is 21.1 Å². The van der Waals surface area contributed by atoms with Crippen molar-refractivity contribution in [3.63, 3.8) is 0 Å². The SMILES string of the molecule is CC(=O)N(C)C(CS)C(=O)NC(Cc1ccc(O)cc1)C(N)=O. The molecule has 0 saturated carbocycles. The van der Waals surface area contributed by atoms with Crippen molar-refractivity contribution in [2.45, 2.75) is 25.4 Å². The fraction of sp³-hybridized carbons (Fsp3) is 0.400. The summed E-state index contributed by atoms with van der Waals surface area (Å²) in [6.45, 7) is 1.34. The molecule has 0 saturated heterocycles. The van der Waals surface area contributed by atoms with Crippen molar-refractivity contribution in [3.8, 4) is 5.75 Å². The van der Waals surface area contributed by atoms with Crippen molar-refractivity contribution in [2.24, 2.45) is 5.73 Å². The number of hydrogen-bond acceptors (Lipinski definition) is 5. The number of hydrogen-bond donors (Lipinski definition) is 4. The van der Waals surface area contributed by atoms with Crippen LogP contribution in [-0.2, 0) is 20.8 Å². The van der Waals surface area contributed by atoms with Gasteiger partial charge in [0.2, 0.25) is 17.7 Å². The summed E-state index contributed by atoms with van der Waals surface area (Å²) in [4.78, 5) is 36.5. The van der Waals surface area contributed by atoms with Crippen LogP contribution in [0.15, 0.2) is 24.3 Å². The Hall–Kier alpha value is -2.22. The highest BCUT2D eigenvalue weighted by atomic mass is 32.1. The summed E-state index contributed by atoms with van der Waals surface area (Å²) in [5.41, 5.74) is 6.07. The van der Waals surface area contributed by atoms with Gasteiger partial charge in [0.25, 0.3) is 0 Å². The van der Waals surface area contributed by atoms with Crippen molar-refractivity contribution >= 4 is 30.4 Å². The number of thiol groups is 1. The van der Waals surface area contributed by atoms with Gasteiger partial charge in [-0.3, -0.25) is 14.4 Å². The highest BCUT2D eigenvalue weighted by Crippen LogP contribution is 2.11. The van der Waals surface area contributed by atoms with Gasteiger partial charge in [-0.2, -0.15) is 12.6 Å². The number of phenolic OH excluding ortho intramolecular Hbond substituents is 1. The van der Waals surface area contributed by atoms with Gasteiger partial charge in [-0.15, -0.1) is 0 Å². The number of benzene rings is 1. The number of nitrogens with two attached hydrogens (primary N) is 1. The lowest BCUT2D eigenvalue weighted by Gasteiger charge is -2.26. The van der Waals surface area contributed by atoms with Crippen LogP contribution in [0.1, 0.15) is 12.5 Å². The highest BCUT2D eigenvalue weighted by molar-refractivity contribution is 7.80. The molecule has 0 spiro atoms. The van der Waals surface area contributed by atoms with Crippen LogP contribution in [0.2, 0.25) is 0 Å².